The molecule has 1 fully saturated rings. The second kappa shape index (κ2) is 10.4. The number of nitrogens with one attached hydrogen (secondary N) is 2. The lowest BCUT2D eigenvalue weighted by Gasteiger charge is -2.36. The van der Waals surface area contributed by atoms with Crippen LogP contribution < -0.4 is 15.5 Å². The van der Waals surface area contributed by atoms with E-state index in [1.165, 1.54) is 16.8 Å². The molecule has 0 aliphatic carbocycles. The van der Waals surface area contributed by atoms with Crippen molar-refractivity contribution >= 4 is 23.2 Å². The van der Waals surface area contributed by atoms with Crippen molar-refractivity contribution in [3.63, 3.8) is 0 Å². The maximum atomic E-state index is 12.6. The molecule has 0 saturated carbocycles. The van der Waals surface area contributed by atoms with E-state index in [0.717, 1.165) is 43.6 Å². The first-order valence-corrected chi connectivity index (χ1v) is 11.7. The van der Waals surface area contributed by atoms with E-state index >= 15 is 0 Å². The van der Waals surface area contributed by atoms with Crippen LogP contribution in [0.5, 0.6) is 0 Å². The fourth-order valence-electron chi connectivity index (χ4n) is 4.76. The molecule has 7 nitrogen and oxygen atoms in total. The van der Waals surface area contributed by atoms with Crippen molar-refractivity contribution < 1.29 is 14.3 Å². The average molecular weight is 451 g/mol. The number of ether oxygens (including phenoxy) is 1. The van der Waals surface area contributed by atoms with Gasteiger partial charge in [-0.3, -0.25) is 14.5 Å². The average Bonchev–Trinajstić information content (AvgIpc) is 2.81. The Morgan fingerprint density at radius 3 is 2.58 bits per heavy atom. The standard InChI is InChI=1S/C26H34N4O3/c1-18-6-8-22(19(2)15-18)28-26(32)25(31)27-17-24(30-11-13-33-14-12-30)21-7-9-23-20(16-21)5-4-10-29(23)3/h6-9,15-16,24H,4-5,10-14,17H2,1-3H3,(H,27,31)(H,28,32)/t24-/m1/s1. The summed E-state index contributed by atoms with van der Waals surface area (Å²) in [6.45, 7) is 8.30. The van der Waals surface area contributed by atoms with Crippen LogP contribution in [0, 0.1) is 13.8 Å². The van der Waals surface area contributed by atoms with E-state index < -0.39 is 11.8 Å². The predicted octanol–water partition coefficient (Wildman–Crippen LogP) is 2.81. The molecule has 7 heteroatoms. The number of anilines is 2. The van der Waals surface area contributed by atoms with Crippen LogP contribution in [0.2, 0.25) is 0 Å². The molecule has 2 aliphatic heterocycles. The van der Waals surface area contributed by atoms with E-state index in [1.54, 1.807) is 0 Å². The fourth-order valence-corrected chi connectivity index (χ4v) is 4.76. The van der Waals surface area contributed by atoms with Crippen LogP contribution >= 0.6 is 0 Å². The summed E-state index contributed by atoms with van der Waals surface area (Å²) >= 11 is 0. The summed E-state index contributed by atoms with van der Waals surface area (Å²) in [4.78, 5) is 29.8. The van der Waals surface area contributed by atoms with Crippen molar-refractivity contribution in [1.29, 1.82) is 0 Å². The second-order valence-corrected chi connectivity index (χ2v) is 9.06. The molecule has 33 heavy (non-hydrogen) atoms. The lowest BCUT2D eigenvalue weighted by Crippen LogP contribution is -2.45. The Morgan fingerprint density at radius 1 is 1.03 bits per heavy atom. The number of carbonyl (C=O) groups is 2. The maximum absolute atomic E-state index is 12.6. The number of carbonyl (C=O) groups excluding carboxylic acids is 2. The van der Waals surface area contributed by atoms with Gasteiger partial charge >= 0.3 is 11.8 Å². The van der Waals surface area contributed by atoms with Gasteiger partial charge in [0.2, 0.25) is 0 Å². The first-order chi connectivity index (χ1) is 15.9. The zero-order valence-corrected chi connectivity index (χ0v) is 19.8. The van der Waals surface area contributed by atoms with Gasteiger partial charge < -0.3 is 20.3 Å². The fraction of sp³-hybridized carbons (Fsp3) is 0.462. The summed E-state index contributed by atoms with van der Waals surface area (Å²) in [5, 5.41) is 5.61. The second-order valence-electron chi connectivity index (χ2n) is 9.06. The third-order valence-corrected chi connectivity index (χ3v) is 6.62. The number of aryl methyl sites for hydroxylation is 3. The molecule has 0 spiro atoms. The Morgan fingerprint density at radius 2 is 1.82 bits per heavy atom. The van der Waals surface area contributed by atoms with Gasteiger partial charge in [0.25, 0.3) is 0 Å². The van der Waals surface area contributed by atoms with Gasteiger partial charge in [-0.25, -0.2) is 0 Å². The van der Waals surface area contributed by atoms with Crippen molar-refractivity contribution in [1.82, 2.24) is 10.2 Å². The largest absolute Gasteiger partial charge is 0.379 e. The topological polar surface area (TPSA) is 73.9 Å². The van der Waals surface area contributed by atoms with Gasteiger partial charge in [0.05, 0.1) is 19.3 Å². The molecule has 176 valence electrons. The third kappa shape index (κ3) is 5.54. The van der Waals surface area contributed by atoms with Crippen LogP contribution in [0.25, 0.3) is 0 Å². The molecule has 1 saturated heterocycles. The Hall–Kier alpha value is -2.90. The molecular formula is C26H34N4O3. The molecule has 2 aromatic carbocycles. The van der Waals surface area contributed by atoms with Crippen LogP contribution in [-0.4, -0.2) is 63.2 Å². The minimum absolute atomic E-state index is 0.00991. The van der Waals surface area contributed by atoms with Crippen LogP contribution in [0.3, 0.4) is 0 Å². The molecular weight excluding hydrogens is 416 g/mol. The van der Waals surface area contributed by atoms with Gasteiger partial charge in [0.15, 0.2) is 0 Å². The first kappa shape index (κ1) is 23.3. The zero-order chi connectivity index (χ0) is 23.4. The summed E-state index contributed by atoms with van der Waals surface area (Å²) in [6.07, 6.45) is 2.21. The van der Waals surface area contributed by atoms with E-state index in [1.807, 2.05) is 32.0 Å². The van der Waals surface area contributed by atoms with Crippen molar-refractivity contribution in [3.8, 4) is 0 Å². The lowest BCUT2D eigenvalue weighted by molar-refractivity contribution is -0.136. The number of hydrogen-bond donors (Lipinski definition) is 2. The van der Waals surface area contributed by atoms with Crippen LogP contribution in [0.15, 0.2) is 36.4 Å². The van der Waals surface area contributed by atoms with Crippen molar-refractivity contribution in [2.75, 3.05) is 56.7 Å². The molecule has 0 bridgehead atoms. The number of morpholine rings is 1. The van der Waals surface area contributed by atoms with Crippen LogP contribution in [0.1, 0.15) is 34.7 Å². The van der Waals surface area contributed by atoms with E-state index in [9.17, 15) is 9.59 Å². The summed E-state index contributed by atoms with van der Waals surface area (Å²) < 4.78 is 5.54. The minimum atomic E-state index is -0.644. The number of nitrogens with zero attached hydrogens (tertiary/aromatic N) is 2. The van der Waals surface area contributed by atoms with E-state index in [0.29, 0.717) is 25.4 Å². The van der Waals surface area contributed by atoms with E-state index in [4.69, 9.17) is 4.74 Å². The van der Waals surface area contributed by atoms with Gasteiger partial charge in [-0.1, -0.05) is 29.8 Å². The molecule has 2 N–H and O–H groups in total. The highest BCUT2D eigenvalue weighted by atomic mass is 16.5. The molecule has 4 rings (SSSR count). The molecule has 2 aliphatic rings. The summed E-state index contributed by atoms with van der Waals surface area (Å²) in [5.41, 5.74) is 6.49. The molecule has 1 atom stereocenters. The summed E-state index contributed by atoms with van der Waals surface area (Å²) in [5.74, 6) is -1.26. The number of benzene rings is 2. The minimum Gasteiger partial charge on any atom is -0.379 e. The quantitative estimate of drug-likeness (QED) is 0.686. The highest BCUT2D eigenvalue weighted by Crippen LogP contribution is 2.31. The Labute approximate surface area is 196 Å². The molecule has 0 unspecified atom stereocenters. The SMILES string of the molecule is Cc1ccc(NC(=O)C(=O)NC[C@H](c2ccc3c(c2)CCCN3C)N2CCOCC2)c(C)c1. The zero-order valence-electron chi connectivity index (χ0n) is 19.8. The molecule has 2 aromatic rings. The van der Waals surface area contributed by atoms with Crippen molar-refractivity contribution in [3.05, 3.63) is 58.7 Å². The van der Waals surface area contributed by atoms with E-state index in [2.05, 4.69) is 45.7 Å². The monoisotopic (exact) mass is 450 g/mol. The normalized spacial score (nSPS) is 17.2. The van der Waals surface area contributed by atoms with Gasteiger partial charge in [0, 0.05) is 44.6 Å². The lowest BCUT2D eigenvalue weighted by atomic mass is 9.95. The highest BCUT2D eigenvalue weighted by molar-refractivity contribution is 6.39. The summed E-state index contributed by atoms with van der Waals surface area (Å²) in [6, 6.07) is 12.3. The highest BCUT2D eigenvalue weighted by Gasteiger charge is 2.26. The van der Waals surface area contributed by atoms with Crippen molar-refractivity contribution in [2.45, 2.75) is 32.7 Å². The number of amides is 2. The molecule has 2 heterocycles. The van der Waals surface area contributed by atoms with Gasteiger partial charge in [-0.2, -0.15) is 0 Å². The maximum Gasteiger partial charge on any atom is 0.313 e. The molecule has 2 amide bonds. The van der Waals surface area contributed by atoms with Gasteiger partial charge in [-0.05, 0) is 55.5 Å². The molecule has 0 radical (unpaired) electrons. The van der Waals surface area contributed by atoms with Gasteiger partial charge in [-0.15, -0.1) is 0 Å². The van der Waals surface area contributed by atoms with Crippen LogP contribution in [0.4, 0.5) is 11.4 Å². The van der Waals surface area contributed by atoms with Crippen LogP contribution in [-0.2, 0) is 20.7 Å². The number of hydrogen-bond acceptors (Lipinski definition) is 5. The summed E-state index contributed by atoms with van der Waals surface area (Å²) in [7, 11) is 2.13. The Kier molecular flexibility index (Phi) is 7.30. The third-order valence-electron chi connectivity index (χ3n) is 6.62. The Balaban J connectivity index is 1.46. The van der Waals surface area contributed by atoms with Crippen molar-refractivity contribution in [2.24, 2.45) is 0 Å². The Bertz CT molecular complexity index is 1020. The van der Waals surface area contributed by atoms with E-state index in [-0.39, 0.29) is 6.04 Å². The number of fused-ring (bicyclic) bond motifs is 1. The van der Waals surface area contributed by atoms with Gasteiger partial charge in [0.1, 0.15) is 0 Å². The number of rotatable bonds is 5. The smallest absolute Gasteiger partial charge is 0.313 e. The molecule has 0 aromatic heterocycles. The first-order valence-electron chi connectivity index (χ1n) is 11.7. The predicted molar refractivity (Wildman–Crippen MR) is 131 cm³/mol.